The molecule has 1 fully saturated rings. The number of hydrogen-bond donors (Lipinski definition) is 2. The van der Waals surface area contributed by atoms with Crippen LogP contribution < -0.4 is 15.8 Å². The highest BCUT2D eigenvalue weighted by atomic mass is 16.5. The van der Waals surface area contributed by atoms with Crippen LogP contribution in [0.5, 0.6) is 5.75 Å². The van der Waals surface area contributed by atoms with Crippen molar-refractivity contribution in [2.75, 3.05) is 13.2 Å². The van der Waals surface area contributed by atoms with E-state index in [1.54, 1.807) is 0 Å². The molecule has 1 atom stereocenters. The third-order valence-electron chi connectivity index (χ3n) is 3.99. The smallest absolute Gasteiger partial charge is 0.188 e. The van der Waals surface area contributed by atoms with Crippen molar-refractivity contribution >= 4 is 5.96 Å². The zero-order valence-corrected chi connectivity index (χ0v) is 11.1. The van der Waals surface area contributed by atoms with Gasteiger partial charge in [-0.3, -0.25) is 4.99 Å². The number of fused-ring (bicyclic) bond motifs is 1. The minimum absolute atomic E-state index is 0.333. The summed E-state index contributed by atoms with van der Waals surface area (Å²) in [6.07, 6.45) is 5.03. The number of aliphatic imine (C=N–C) groups is 1. The van der Waals surface area contributed by atoms with E-state index >= 15 is 0 Å². The van der Waals surface area contributed by atoms with Gasteiger partial charge in [0.05, 0.1) is 13.2 Å². The molecule has 3 N–H and O–H groups in total. The first-order valence-corrected chi connectivity index (χ1v) is 7.11. The fraction of sp³-hybridized carbons (Fsp3) is 0.533. The first kappa shape index (κ1) is 12.3. The van der Waals surface area contributed by atoms with E-state index in [9.17, 15) is 0 Å². The predicted molar refractivity (Wildman–Crippen MR) is 76.6 cm³/mol. The van der Waals surface area contributed by atoms with Gasteiger partial charge < -0.3 is 15.8 Å². The number of para-hydroxylation sites is 1. The molecule has 1 aromatic carbocycles. The second-order valence-corrected chi connectivity index (χ2v) is 5.40. The van der Waals surface area contributed by atoms with Crippen LogP contribution in [0, 0.1) is 0 Å². The summed E-state index contributed by atoms with van der Waals surface area (Å²) in [5.74, 6) is 1.90. The van der Waals surface area contributed by atoms with E-state index in [0.717, 1.165) is 5.75 Å². The van der Waals surface area contributed by atoms with Crippen molar-refractivity contribution in [2.45, 2.75) is 37.6 Å². The lowest BCUT2D eigenvalue weighted by molar-refractivity contribution is 0.333. The van der Waals surface area contributed by atoms with Gasteiger partial charge in [-0.25, -0.2) is 0 Å². The Morgan fingerprint density at radius 3 is 2.95 bits per heavy atom. The molecule has 0 radical (unpaired) electrons. The van der Waals surface area contributed by atoms with E-state index in [1.807, 2.05) is 18.2 Å². The van der Waals surface area contributed by atoms with Crippen LogP contribution in [-0.4, -0.2) is 25.2 Å². The number of rotatable bonds is 3. The quantitative estimate of drug-likeness (QED) is 0.645. The number of guanidine groups is 1. The van der Waals surface area contributed by atoms with Crippen molar-refractivity contribution < 1.29 is 4.74 Å². The maximum absolute atomic E-state index is 5.95. The van der Waals surface area contributed by atoms with Gasteiger partial charge in [0.15, 0.2) is 5.96 Å². The van der Waals surface area contributed by atoms with Gasteiger partial charge in [-0.05, 0) is 18.9 Å². The Kier molecular flexibility index (Phi) is 3.58. The molecule has 1 aliphatic heterocycles. The molecule has 0 aromatic heterocycles. The topological polar surface area (TPSA) is 59.6 Å². The highest BCUT2D eigenvalue weighted by molar-refractivity contribution is 5.78. The minimum Gasteiger partial charge on any atom is -0.493 e. The zero-order valence-electron chi connectivity index (χ0n) is 11.1. The molecule has 1 saturated carbocycles. The molecule has 0 spiro atoms. The van der Waals surface area contributed by atoms with Gasteiger partial charge in [0.2, 0.25) is 0 Å². The first-order chi connectivity index (χ1) is 9.33. The molecule has 0 amide bonds. The monoisotopic (exact) mass is 259 g/mol. The molecular formula is C15H21N3O. The molecule has 1 heterocycles. The number of nitrogens with one attached hydrogen (secondary N) is 1. The molecule has 0 saturated heterocycles. The summed E-state index contributed by atoms with van der Waals surface area (Å²) in [5.41, 5.74) is 7.20. The fourth-order valence-corrected chi connectivity index (χ4v) is 2.91. The number of nitrogens with zero attached hydrogens (tertiary/aromatic N) is 1. The van der Waals surface area contributed by atoms with Gasteiger partial charge in [-0.1, -0.05) is 31.0 Å². The molecule has 102 valence electrons. The lowest BCUT2D eigenvalue weighted by Crippen LogP contribution is -2.38. The molecule has 3 rings (SSSR count). The summed E-state index contributed by atoms with van der Waals surface area (Å²) < 4.78 is 5.65. The number of nitrogens with two attached hydrogens (primary N) is 1. The van der Waals surface area contributed by atoms with Crippen LogP contribution in [0.2, 0.25) is 0 Å². The Morgan fingerprint density at radius 1 is 1.32 bits per heavy atom. The first-order valence-electron chi connectivity index (χ1n) is 7.11. The highest BCUT2D eigenvalue weighted by Gasteiger charge is 2.23. The van der Waals surface area contributed by atoms with E-state index in [4.69, 9.17) is 10.5 Å². The Balaban J connectivity index is 1.57. The van der Waals surface area contributed by atoms with Crippen LogP contribution in [0.1, 0.15) is 37.2 Å². The lowest BCUT2D eigenvalue weighted by atomic mass is 10.0. The standard InChI is InChI=1S/C15H21N3O/c16-15(18-12-5-1-2-6-12)17-9-11-10-19-14-8-4-3-7-13(11)14/h3-4,7-8,11-12H,1-2,5-6,9-10H2,(H3,16,17,18). The fourth-order valence-electron chi connectivity index (χ4n) is 2.91. The molecule has 1 unspecified atom stereocenters. The van der Waals surface area contributed by atoms with Gasteiger partial charge in [-0.15, -0.1) is 0 Å². The van der Waals surface area contributed by atoms with Crippen molar-refractivity contribution in [1.82, 2.24) is 5.32 Å². The van der Waals surface area contributed by atoms with Crippen molar-refractivity contribution in [3.05, 3.63) is 29.8 Å². The number of hydrogen-bond acceptors (Lipinski definition) is 2. The molecular weight excluding hydrogens is 238 g/mol. The average Bonchev–Trinajstić information content (AvgIpc) is 3.05. The molecule has 1 aromatic rings. The maximum atomic E-state index is 5.95. The number of benzene rings is 1. The average molecular weight is 259 g/mol. The van der Waals surface area contributed by atoms with Gasteiger partial charge in [-0.2, -0.15) is 0 Å². The Labute approximate surface area is 114 Å². The van der Waals surface area contributed by atoms with Gasteiger partial charge in [0.1, 0.15) is 5.75 Å². The van der Waals surface area contributed by atoms with E-state index < -0.39 is 0 Å². The highest BCUT2D eigenvalue weighted by Crippen LogP contribution is 2.33. The SMILES string of the molecule is NC(=NCC1COc2ccccc21)NC1CCCC1. The summed E-state index contributed by atoms with van der Waals surface area (Å²) in [7, 11) is 0. The Hall–Kier alpha value is -1.71. The molecule has 1 aliphatic carbocycles. The number of ether oxygens (including phenoxy) is 1. The second-order valence-electron chi connectivity index (χ2n) is 5.40. The summed E-state index contributed by atoms with van der Waals surface area (Å²) in [5, 5.41) is 3.31. The summed E-state index contributed by atoms with van der Waals surface area (Å²) in [4.78, 5) is 4.47. The summed E-state index contributed by atoms with van der Waals surface area (Å²) >= 11 is 0. The minimum atomic E-state index is 0.333. The molecule has 4 nitrogen and oxygen atoms in total. The van der Waals surface area contributed by atoms with Gasteiger partial charge in [0.25, 0.3) is 0 Å². The summed E-state index contributed by atoms with van der Waals surface area (Å²) in [6, 6.07) is 8.70. The Bertz CT molecular complexity index is 466. The van der Waals surface area contributed by atoms with Crippen molar-refractivity contribution in [1.29, 1.82) is 0 Å². The zero-order chi connectivity index (χ0) is 13.1. The largest absolute Gasteiger partial charge is 0.493 e. The predicted octanol–water partition coefficient (Wildman–Crippen LogP) is 2.01. The lowest BCUT2D eigenvalue weighted by Gasteiger charge is -2.13. The van der Waals surface area contributed by atoms with Crippen molar-refractivity contribution in [3.8, 4) is 5.75 Å². The normalized spacial score (nSPS) is 23.2. The van der Waals surface area contributed by atoms with Crippen LogP contribution in [-0.2, 0) is 0 Å². The molecule has 19 heavy (non-hydrogen) atoms. The van der Waals surface area contributed by atoms with E-state index in [2.05, 4.69) is 16.4 Å². The third-order valence-corrected chi connectivity index (χ3v) is 3.99. The molecule has 4 heteroatoms. The van der Waals surface area contributed by atoms with E-state index in [-0.39, 0.29) is 0 Å². The van der Waals surface area contributed by atoms with Crippen LogP contribution in [0.3, 0.4) is 0 Å². The maximum Gasteiger partial charge on any atom is 0.188 e. The second kappa shape index (κ2) is 5.51. The Morgan fingerprint density at radius 2 is 2.11 bits per heavy atom. The van der Waals surface area contributed by atoms with E-state index in [0.29, 0.717) is 31.1 Å². The third kappa shape index (κ3) is 2.83. The van der Waals surface area contributed by atoms with Crippen LogP contribution in [0.25, 0.3) is 0 Å². The van der Waals surface area contributed by atoms with Gasteiger partial charge in [0, 0.05) is 17.5 Å². The van der Waals surface area contributed by atoms with Crippen LogP contribution in [0.4, 0.5) is 0 Å². The van der Waals surface area contributed by atoms with Crippen LogP contribution in [0.15, 0.2) is 29.3 Å². The molecule has 2 aliphatic rings. The van der Waals surface area contributed by atoms with Crippen molar-refractivity contribution in [2.24, 2.45) is 10.7 Å². The summed E-state index contributed by atoms with van der Waals surface area (Å²) in [6.45, 7) is 1.40. The van der Waals surface area contributed by atoms with Gasteiger partial charge >= 0.3 is 0 Å². The van der Waals surface area contributed by atoms with E-state index in [1.165, 1.54) is 31.2 Å². The molecule has 0 bridgehead atoms. The van der Waals surface area contributed by atoms with Crippen molar-refractivity contribution in [3.63, 3.8) is 0 Å². The van der Waals surface area contributed by atoms with Crippen LogP contribution >= 0.6 is 0 Å².